The Kier molecular flexibility index (Phi) is 5.39. The predicted molar refractivity (Wildman–Crippen MR) is 79.7 cm³/mol. The summed E-state index contributed by atoms with van der Waals surface area (Å²) < 4.78 is 1.16. The second-order valence-corrected chi connectivity index (χ2v) is 6.95. The largest absolute Gasteiger partial charge is 0.314 e. The fraction of sp³-hybridized carbons (Fsp3) is 0.571. The van der Waals surface area contributed by atoms with E-state index in [0.29, 0.717) is 0 Å². The van der Waals surface area contributed by atoms with E-state index >= 15 is 0 Å². The van der Waals surface area contributed by atoms with Gasteiger partial charge in [0.05, 0.1) is 0 Å². The van der Waals surface area contributed by atoms with Gasteiger partial charge in [0, 0.05) is 20.7 Å². The van der Waals surface area contributed by atoms with Gasteiger partial charge in [0.2, 0.25) is 0 Å². The van der Waals surface area contributed by atoms with Crippen LogP contribution in [0.4, 0.5) is 0 Å². The molecular formula is C14H20BrNS. The number of halogens is 1. The number of hydrogen-bond acceptors (Lipinski definition) is 2. The molecule has 0 aliphatic heterocycles. The lowest BCUT2D eigenvalue weighted by molar-refractivity contribution is 0.524. The van der Waals surface area contributed by atoms with Crippen molar-refractivity contribution in [3.05, 3.63) is 28.7 Å². The monoisotopic (exact) mass is 313 g/mol. The zero-order chi connectivity index (χ0) is 12.1. The summed E-state index contributed by atoms with van der Waals surface area (Å²) in [6, 6.07) is 9.43. The van der Waals surface area contributed by atoms with E-state index in [9.17, 15) is 0 Å². The first-order valence-corrected chi connectivity index (χ1v) is 8.11. The van der Waals surface area contributed by atoms with Gasteiger partial charge in [-0.25, -0.2) is 0 Å². The first kappa shape index (κ1) is 13.4. The third-order valence-electron chi connectivity index (χ3n) is 3.18. The SMILES string of the molecule is CCCNC1CCC(Sc2ccc(Br)cc2)C1. The van der Waals surface area contributed by atoms with E-state index in [-0.39, 0.29) is 0 Å². The van der Waals surface area contributed by atoms with Gasteiger partial charge in [0.15, 0.2) is 0 Å². The molecule has 94 valence electrons. The van der Waals surface area contributed by atoms with Gasteiger partial charge in [-0.1, -0.05) is 22.9 Å². The number of hydrogen-bond donors (Lipinski definition) is 1. The molecule has 2 rings (SSSR count). The Morgan fingerprint density at radius 2 is 2.06 bits per heavy atom. The molecule has 0 aromatic heterocycles. The summed E-state index contributed by atoms with van der Waals surface area (Å²) in [5.41, 5.74) is 0. The van der Waals surface area contributed by atoms with E-state index in [4.69, 9.17) is 0 Å². The average Bonchev–Trinajstić information content (AvgIpc) is 2.77. The Morgan fingerprint density at radius 1 is 1.29 bits per heavy atom. The molecule has 1 saturated carbocycles. The molecule has 1 aliphatic carbocycles. The molecule has 1 N–H and O–H groups in total. The normalized spacial score (nSPS) is 24.1. The number of benzene rings is 1. The van der Waals surface area contributed by atoms with Gasteiger partial charge in [0.1, 0.15) is 0 Å². The van der Waals surface area contributed by atoms with Gasteiger partial charge in [-0.15, -0.1) is 11.8 Å². The molecule has 3 heteroatoms. The lowest BCUT2D eigenvalue weighted by atomic mass is 10.2. The van der Waals surface area contributed by atoms with Crippen molar-refractivity contribution in [1.82, 2.24) is 5.32 Å². The van der Waals surface area contributed by atoms with Crippen LogP contribution in [-0.2, 0) is 0 Å². The first-order valence-electron chi connectivity index (χ1n) is 6.43. The van der Waals surface area contributed by atoms with Crippen molar-refractivity contribution in [2.45, 2.75) is 48.8 Å². The smallest absolute Gasteiger partial charge is 0.0176 e. The third-order valence-corrected chi connectivity index (χ3v) is 5.02. The maximum Gasteiger partial charge on any atom is 0.0176 e. The molecule has 2 unspecified atom stereocenters. The van der Waals surface area contributed by atoms with E-state index < -0.39 is 0 Å². The minimum atomic E-state index is 0.753. The minimum absolute atomic E-state index is 0.753. The van der Waals surface area contributed by atoms with E-state index in [2.05, 4.69) is 52.4 Å². The maximum absolute atomic E-state index is 3.64. The van der Waals surface area contributed by atoms with Crippen LogP contribution >= 0.6 is 27.7 Å². The molecule has 0 spiro atoms. The van der Waals surface area contributed by atoms with Crippen LogP contribution in [0.5, 0.6) is 0 Å². The van der Waals surface area contributed by atoms with E-state index in [1.807, 2.05) is 11.8 Å². The Labute approximate surface area is 117 Å². The fourth-order valence-electron chi connectivity index (χ4n) is 2.29. The van der Waals surface area contributed by atoms with Gasteiger partial charge < -0.3 is 5.32 Å². The highest BCUT2D eigenvalue weighted by Gasteiger charge is 2.24. The van der Waals surface area contributed by atoms with Crippen LogP contribution < -0.4 is 5.32 Å². The highest BCUT2D eigenvalue weighted by molar-refractivity contribution is 9.10. The van der Waals surface area contributed by atoms with E-state index in [1.54, 1.807) is 0 Å². The van der Waals surface area contributed by atoms with Crippen LogP contribution in [0.1, 0.15) is 32.6 Å². The van der Waals surface area contributed by atoms with E-state index in [0.717, 1.165) is 15.8 Å². The third kappa shape index (κ3) is 4.31. The van der Waals surface area contributed by atoms with Crippen molar-refractivity contribution < 1.29 is 0 Å². The topological polar surface area (TPSA) is 12.0 Å². The summed E-state index contributed by atoms with van der Waals surface area (Å²) in [4.78, 5) is 1.40. The van der Waals surface area contributed by atoms with Crippen molar-refractivity contribution in [3.63, 3.8) is 0 Å². The molecule has 0 radical (unpaired) electrons. The maximum atomic E-state index is 3.64. The Balaban J connectivity index is 1.79. The molecule has 0 amide bonds. The van der Waals surface area contributed by atoms with Crippen molar-refractivity contribution in [2.75, 3.05) is 6.54 Å². The van der Waals surface area contributed by atoms with Crippen LogP contribution in [0.15, 0.2) is 33.6 Å². The van der Waals surface area contributed by atoms with Gasteiger partial charge >= 0.3 is 0 Å². The van der Waals surface area contributed by atoms with Gasteiger partial charge in [-0.05, 0) is 56.5 Å². The van der Waals surface area contributed by atoms with Crippen LogP contribution in [0.3, 0.4) is 0 Å². The molecule has 1 aromatic carbocycles. The number of thioether (sulfide) groups is 1. The molecule has 2 atom stereocenters. The van der Waals surface area contributed by atoms with Gasteiger partial charge in [-0.3, -0.25) is 0 Å². The summed E-state index contributed by atoms with van der Waals surface area (Å²) >= 11 is 5.51. The number of rotatable bonds is 5. The molecular weight excluding hydrogens is 294 g/mol. The quantitative estimate of drug-likeness (QED) is 0.861. The Bertz CT molecular complexity index is 339. The minimum Gasteiger partial charge on any atom is -0.314 e. The lowest BCUT2D eigenvalue weighted by Crippen LogP contribution is -2.27. The molecule has 0 saturated heterocycles. The van der Waals surface area contributed by atoms with Gasteiger partial charge in [-0.2, -0.15) is 0 Å². The Morgan fingerprint density at radius 3 is 2.76 bits per heavy atom. The second-order valence-electron chi connectivity index (χ2n) is 4.66. The van der Waals surface area contributed by atoms with Crippen LogP contribution in [-0.4, -0.2) is 17.8 Å². The molecule has 1 fully saturated rings. The lowest BCUT2D eigenvalue weighted by Gasteiger charge is -2.12. The van der Waals surface area contributed by atoms with Crippen LogP contribution in [0.25, 0.3) is 0 Å². The van der Waals surface area contributed by atoms with Crippen molar-refractivity contribution >= 4 is 27.7 Å². The molecule has 0 bridgehead atoms. The zero-order valence-electron chi connectivity index (χ0n) is 10.3. The fourth-order valence-corrected chi connectivity index (χ4v) is 3.81. The summed E-state index contributed by atoms with van der Waals surface area (Å²) in [6.07, 6.45) is 5.25. The standard InChI is InChI=1S/C14H20BrNS/c1-2-9-16-12-5-8-14(10-12)17-13-6-3-11(15)4-7-13/h3-4,6-7,12,14,16H,2,5,8-10H2,1H3. The average molecular weight is 314 g/mol. The highest BCUT2D eigenvalue weighted by Crippen LogP contribution is 2.35. The Hall–Kier alpha value is 0.01000. The predicted octanol–water partition coefficient (Wildman–Crippen LogP) is 4.46. The van der Waals surface area contributed by atoms with Crippen LogP contribution in [0.2, 0.25) is 0 Å². The highest BCUT2D eigenvalue weighted by atomic mass is 79.9. The summed E-state index contributed by atoms with van der Waals surface area (Å²) in [5.74, 6) is 0. The zero-order valence-corrected chi connectivity index (χ0v) is 12.7. The summed E-state index contributed by atoms with van der Waals surface area (Å²) in [6.45, 7) is 3.40. The van der Waals surface area contributed by atoms with Crippen molar-refractivity contribution in [3.8, 4) is 0 Å². The summed E-state index contributed by atoms with van der Waals surface area (Å²) in [7, 11) is 0. The summed E-state index contributed by atoms with van der Waals surface area (Å²) in [5, 5.41) is 4.43. The molecule has 1 aromatic rings. The van der Waals surface area contributed by atoms with Crippen LogP contribution in [0, 0.1) is 0 Å². The van der Waals surface area contributed by atoms with Crippen molar-refractivity contribution in [1.29, 1.82) is 0 Å². The molecule has 17 heavy (non-hydrogen) atoms. The number of nitrogens with one attached hydrogen (secondary N) is 1. The molecule has 0 heterocycles. The van der Waals surface area contributed by atoms with Crippen molar-refractivity contribution in [2.24, 2.45) is 0 Å². The van der Waals surface area contributed by atoms with Gasteiger partial charge in [0.25, 0.3) is 0 Å². The second kappa shape index (κ2) is 6.81. The molecule has 1 nitrogen and oxygen atoms in total. The molecule has 1 aliphatic rings. The first-order chi connectivity index (χ1) is 8.28. The van der Waals surface area contributed by atoms with E-state index in [1.165, 1.54) is 37.1 Å².